The zero-order chi connectivity index (χ0) is 29.6. The van der Waals surface area contributed by atoms with E-state index in [-0.39, 0.29) is 40.3 Å². The van der Waals surface area contributed by atoms with Gasteiger partial charge in [-0.1, -0.05) is 6.07 Å². The van der Waals surface area contributed by atoms with Crippen LogP contribution in [-0.2, 0) is 22.8 Å². The first kappa shape index (κ1) is 27.5. The number of sulfone groups is 1. The second-order valence-corrected chi connectivity index (χ2v) is 12.7. The molecule has 0 fully saturated rings. The molecule has 0 amide bonds. The Kier molecular flexibility index (Phi) is 6.99. The molecule has 0 saturated carbocycles. The quantitative estimate of drug-likeness (QED) is 0.265. The molecule has 6 aromatic rings. The van der Waals surface area contributed by atoms with Crippen molar-refractivity contribution in [1.82, 2.24) is 40.0 Å². The van der Waals surface area contributed by atoms with E-state index in [9.17, 15) is 12.8 Å². The number of aromatic nitrogens is 7. The maximum Gasteiger partial charge on any atom is 0.184 e. The molecule has 0 atom stereocenters. The highest BCUT2D eigenvalue weighted by atomic mass is 32.2. The zero-order valence-electron chi connectivity index (χ0n) is 23.0. The van der Waals surface area contributed by atoms with Gasteiger partial charge >= 0.3 is 0 Å². The molecular weight excluding hydrogens is 562 g/mol. The van der Waals surface area contributed by atoms with Crippen molar-refractivity contribution >= 4 is 32.0 Å². The highest BCUT2D eigenvalue weighted by Crippen LogP contribution is 2.34. The van der Waals surface area contributed by atoms with Gasteiger partial charge in [0.1, 0.15) is 27.2 Å². The summed E-state index contributed by atoms with van der Waals surface area (Å²) < 4.78 is 54.0. The molecule has 0 aliphatic carbocycles. The fourth-order valence-electron chi connectivity index (χ4n) is 4.93. The normalized spacial score (nSPS) is 12.1. The van der Waals surface area contributed by atoms with E-state index >= 15 is 4.39 Å². The molecule has 0 aliphatic rings. The smallest absolute Gasteiger partial charge is 0.184 e. The lowest BCUT2D eigenvalue weighted by atomic mass is 10.0. The maximum atomic E-state index is 16.1. The largest absolute Gasteiger partial charge is 0.335 e. The molecule has 0 saturated heterocycles. The highest BCUT2D eigenvalue weighted by molar-refractivity contribution is 7.90. The highest BCUT2D eigenvalue weighted by Gasteiger charge is 2.21. The van der Waals surface area contributed by atoms with Crippen LogP contribution in [0.1, 0.15) is 11.1 Å². The summed E-state index contributed by atoms with van der Waals surface area (Å²) in [7, 11) is 0.668. The Morgan fingerprint density at radius 1 is 0.929 bits per heavy atom. The monoisotopic (exact) mass is 588 g/mol. The number of rotatable bonds is 8. The van der Waals surface area contributed by atoms with E-state index < -0.39 is 21.5 Å². The van der Waals surface area contributed by atoms with Crippen LogP contribution in [0.4, 0.5) is 8.78 Å². The topological polar surface area (TPSA) is 133 Å². The van der Waals surface area contributed by atoms with Crippen molar-refractivity contribution in [3.8, 4) is 33.8 Å². The summed E-state index contributed by atoms with van der Waals surface area (Å²) in [6.45, 7) is 0.647. The molecule has 0 spiro atoms. The second-order valence-electron chi connectivity index (χ2n) is 10.5. The van der Waals surface area contributed by atoms with Crippen molar-refractivity contribution in [3.63, 3.8) is 0 Å². The van der Waals surface area contributed by atoms with Gasteiger partial charge in [-0.15, -0.1) is 0 Å². The molecule has 13 heteroatoms. The van der Waals surface area contributed by atoms with E-state index in [0.717, 1.165) is 11.8 Å². The first-order chi connectivity index (χ1) is 20.1. The molecule has 10 nitrogen and oxygen atoms in total. The molecule has 214 valence electrons. The van der Waals surface area contributed by atoms with Gasteiger partial charge in [-0.2, -0.15) is 5.10 Å². The third kappa shape index (κ3) is 5.48. The standard InChI is InChI=1S/C29H26F2N8O2S/c1-39(2)15-17-9-19(13-32-12-17)22-14-34-27-23(24(22)31)26(37-38-27)29-35-25-21(4-6-33-28(25)36-29)18-8-16(10-20(30)11-18)5-7-42(3,40)41/h4,6,8-14H,5,7,15H2,1-3H3,(H,33,35,36)(H,34,37,38). The Morgan fingerprint density at radius 3 is 2.52 bits per heavy atom. The van der Waals surface area contributed by atoms with Crippen LogP contribution in [0.25, 0.3) is 56.0 Å². The summed E-state index contributed by atoms with van der Waals surface area (Å²) in [4.78, 5) is 22.7. The van der Waals surface area contributed by atoms with Crippen molar-refractivity contribution < 1.29 is 17.2 Å². The van der Waals surface area contributed by atoms with Crippen LogP contribution in [-0.4, -0.2) is 74.5 Å². The lowest BCUT2D eigenvalue weighted by molar-refractivity contribution is 0.402. The van der Waals surface area contributed by atoms with Gasteiger partial charge in [0.05, 0.1) is 16.7 Å². The summed E-state index contributed by atoms with van der Waals surface area (Å²) >= 11 is 0. The lowest BCUT2D eigenvalue weighted by Gasteiger charge is -2.11. The van der Waals surface area contributed by atoms with Crippen LogP contribution in [0.3, 0.4) is 0 Å². The third-order valence-electron chi connectivity index (χ3n) is 6.78. The van der Waals surface area contributed by atoms with Gasteiger partial charge in [0.2, 0.25) is 0 Å². The summed E-state index contributed by atoms with van der Waals surface area (Å²) in [6, 6.07) is 8.00. The number of H-pyrrole nitrogens is 2. The van der Waals surface area contributed by atoms with Gasteiger partial charge in [-0.05, 0) is 61.5 Å². The Morgan fingerprint density at radius 2 is 1.74 bits per heavy atom. The summed E-state index contributed by atoms with van der Waals surface area (Å²) in [5, 5.41) is 7.18. The maximum absolute atomic E-state index is 16.1. The van der Waals surface area contributed by atoms with Crippen molar-refractivity contribution in [2.24, 2.45) is 0 Å². The van der Waals surface area contributed by atoms with E-state index in [0.29, 0.717) is 40.0 Å². The Hall–Kier alpha value is -4.62. The van der Waals surface area contributed by atoms with E-state index in [2.05, 4.69) is 35.1 Å². The minimum atomic E-state index is -3.22. The van der Waals surface area contributed by atoms with Crippen LogP contribution in [0.15, 0.2) is 55.1 Å². The van der Waals surface area contributed by atoms with Crippen LogP contribution >= 0.6 is 0 Å². The molecule has 0 bridgehead atoms. The predicted octanol–water partition coefficient (Wildman–Crippen LogP) is 4.55. The number of aromatic amines is 2. The first-order valence-electron chi connectivity index (χ1n) is 13.0. The first-order valence-corrected chi connectivity index (χ1v) is 15.1. The van der Waals surface area contributed by atoms with Crippen molar-refractivity contribution in [2.75, 3.05) is 26.1 Å². The minimum Gasteiger partial charge on any atom is -0.335 e. The van der Waals surface area contributed by atoms with Gasteiger partial charge in [0, 0.05) is 54.3 Å². The summed E-state index contributed by atoms with van der Waals surface area (Å²) in [6.07, 6.45) is 7.62. The van der Waals surface area contributed by atoms with Gasteiger partial charge in [-0.25, -0.2) is 32.2 Å². The SMILES string of the molecule is CN(C)Cc1cncc(-c2cnc3n[nH]c(-c4nc5nccc(-c6cc(F)cc(CCS(C)(=O)=O)c6)c5[nH]4)c3c2F)c1. The number of imidazole rings is 1. The van der Waals surface area contributed by atoms with Crippen LogP contribution < -0.4 is 0 Å². The number of aryl methyl sites for hydroxylation is 1. The summed E-state index contributed by atoms with van der Waals surface area (Å²) in [5.41, 5.74) is 4.75. The van der Waals surface area contributed by atoms with Crippen LogP contribution in [0.5, 0.6) is 0 Å². The minimum absolute atomic E-state index is 0.0969. The number of hydrogen-bond donors (Lipinski definition) is 2. The van der Waals surface area contributed by atoms with Crippen LogP contribution in [0.2, 0.25) is 0 Å². The fourth-order valence-corrected chi connectivity index (χ4v) is 5.54. The van der Waals surface area contributed by atoms with Crippen molar-refractivity contribution in [2.45, 2.75) is 13.0 Å². The molecular formula is C29H26F2N8O2S. The molecule has 2 N–H and O–H groups in total. The Bertz CT molecular complexity index is 2070. The van der Waals surface area contributed by atoms with E-state index in [1.165, 1.54) is 18.3 Å². The third-order valence-corrected chi connectivity index (χ3v) is 7.73. The molecule has 5 heterocycles. The number of hydrogen-bond acceptors (Lipinski definition) is 8. The van der Waals surface area contributed by atoms with Crippen LogP contribution in [0, 0.1) is 11.6 Å². The predicted molar refractivity (Wildman–Crippen MR) is 156 cm³/mol. The second kappa shape index (κ2) is 10.7. The number of halogens is 2. The van der Waals surface area contributed by atoms with Gasteiger partial charge in [0.15, 0.2) is 17.1 Å². The lowest BCUT2D eigenvalue weighted by Crippen LogP contribution is -2.10. The van der Waals surface area contributed by atoms with Crippen molar-refractivity contribution in [3.05, 3.63) is 77.9 Å². The molecule has 5 aromatic heterocycles. The molecule has 42 heavy (non-hydrogen) atoms. The zero-order valence-corrected chi connectivity index (χ0v) is 23.8. The number of benzene rings is 1. The van der Waals surface area contributed by atoms with Gasteiger partial charge in [0.25, 0.3) is 0 Å². The molecule has 1 aromatic carbocycles. The van der Waals surface area contributed by atoms with Crippen molar-refractivity contribution in [1.29, 1.82) is 0 Å². The number of pyridine rings is 3. The van der Waals surface area contributed by atoms with Gasteiger partial charge in [-0.3, -0.25) is 10.1 Å². The average molecular weight is 589 g/mol. The molecule has 0 unspecified atom stereocenters. The molecule has 0 radical (unpaired) electrons. The number of fused-ring (bicyclic) bond motifs is 2. The molecule has 6 rings (SSSR count). The summed E-state index contributed by atoms with van der Waals surface area (Å²) in [5.74, 6) is -0.842. The van der Waals surface area contributed by atoms with E-state index in [4.69, 9.17) is 0 Å². The molecule has 0 aliphatic heterocycles. The van der Waals surface area contributed by atoms with Gasteiger partial charge < -0.3 is 9.88 Å². The Labute approximate surface area is 239 Å². The fraction of sp³-hybridized carbons (Fsp3) is 0.207. The number of nitrogens with zero attached hydrogens (tertiary/aromatic N) is 6. The van der Waals surface area contributed by atoms with E-state index in [1.807, 2.05) is 25.1 Å². The average Bonchev–Trinajstić information content (AvgIpc) is 3.56. The number of nitrogens with one attached hydrogen (secondary N) is 2. The van der Waals surface area contributed by atoms with E-state index in [1.54, 1.807) is 30.7 Å². The Balaban J connectivity index is 1.43.